The highest BCUT2D eigenvalue weighted by Gasteiger charge is 1.92. The predicted molar refractivity (Wildman–Crippen MR) is 181 cm³/mol. The van der Waals surface area contributed by atoms with Gasteiger partial charge in [-0.1, -0.05) is 183 Å². The van der Waals surface area contributed by atoms with Gasteiger partial charge >= 0.3 is 0 Å². The van der Waals surface area contributed by atoms with E-state index in [0.717, 1.165) is 0 Å². The van der Waals surface area contributed by atoms with Crippen LogP contribution >= 0.6 is 0 Å². The molecule has 0 aliphatic heterocycles. The van der Waals surface area contributed by atoms with E-state index < -0.39 is 0 Å². The highest BCUT2D eigenvalue weighted by atomic mass is 14.0. The van der Waals surface area contributed by atoms with Crippen LogP contribution in [0.5, 0.6) is 0 Å². The van der Waals surface area contributed by atoms with Gasteiger partial charge in [0.15, 0.2) is 0 Å². The summed E-state index contributed by atoms with van der Waals surface area (Å²) in [6, 6.07) is 50.3. The minimum absolute atomic E-state index is 1.26. The van der Waals surface area contributed by atoms with Crippen LogP contribution in [-0.4, -0.2) is 0 Å². The second-order valence-electron chi connectivity index (χ2n) is 9.21. The molecule has 0 heteroatoms. The van der Waals surface area contributed by atoms with Gasteiger partial charge in [-0.05, 0) is 60.4 Å². The van der Waals surface area contributed by atoms with E-state index in [1.807, 2.05) is 63.2 Å². The van der Waals surface area contributed by atoms with Crippen LogP contribution in [-0.2, 0) is 0 Å². The molecule has 0 nitrogen and oxygen atoms in total. The quantitative estimate of drug-likeness (QED) is 0.201. The molecule has 0 amide bonds. The van der Waals surface area contributed by atoms with E-state index in [1.54, 1.807) is 0 Å². The number of fused-ring (bicyclic) bond motifs is 2. The number of aryl methyl sites for hydroxylation is 3. The van der Waals surface area contributed by atoms with E-state index in [4.69, 9.17) is 0 Å². The van der Waals surface area contributed by atoms with Crippen molar-refractivity contribution >= 4 is 27.6 Å². The van der Waals surface area contributed by atoms with Gasteiger partial charge in [-0.2, -0.15) is 0 Å². The molecular weight excluding hydrogens is 480 g/mol. The third kappa shape index (κ3) is 11.5. The van der Waals surface area contributed by atoms with Crippen LogP contribution in [0.15, 0.2) is 152 Å². The molecule has 0 spiro atoms. The topological polar surface area (TPSA) is 0 Å². The average Bonchev–Trinajstić information content (AvgIpc) is 3.01. The van der Waals surface area contributed by atoms with E-state index >= 15 is 0 Å². The van der Waals surface area contributed by atoms with Gasteiger partial charge in [0, 0.05) is 0 Å². The molecule has 0 N–H and O–H groups in total. The lowest BCUT2D eigenvalue weighted by Gasteiger charge is -1.98. The molecular formula is C40H44. The molecule has 0 bridgehead atoms. The molecule has 0 atom stereocenters. The fourth-order valence-electron chi connectivity index (χ4n) is 3.99. The minimum Gasteiger partial charge on any atom is -0.0871 e. The monoisotopic (exact) mass is 524 g/mol. The van der Waals surface area contributed by atoms with Gasteiger partial charge < -0.3 is 0 Å². The fourth-order valence-corrected chi connectivity index (χ4v) is 3.99. The van der Waals surface area contributed by atoms with Gasteiger partial charge in [0.1, 0.15) is 0 Å². The molecule has 0 aliphatic carbocycles. The first-order valence-corrected chi connectivity index (χ1v) is 14.2. The zero-order valence-electron chi connectivity index (χ0n) is 25.0. The Morgan fingerprint density at radius 3 is 1.52 bits per heavy atom. The van der Waals surface area contributed by atoms with Crippen LogP contribution < -0.4 is 0 Å². The van der Waals surface area contributed by atoms with Crippen molar-refractivity contribution in [3.8, 4) is 0 Å². The number of hydrogen-bond acceptors (Lipinski definition) is 0. The Kier molecular flexibility index (Phi) is 14.9. The lowest BCUT2D eigenvalue weighted by molar-refractivity contribution is 1.48. The predicted octanol–water partition coefficient (Wildman–Crippen LogP) is 12.0. The smallest absolute Gasteiger partial charge is 0.0155 e. The Bertz CT molecular complexity index is 1520. The molecule has 0 aromatic heterocycles. The van der Waals surface area contributed by atoms with Crippen LogP contribution in [0.4, 0.5) is 0 Å². The van der Waals surface area contributed by atoms with E-state index in [9.17, 15) is 0 Å². The number of benzene rings is 6. The fraction of sp³-hybridized carbons (Fsp3) is 0.150. The highest BCUT2D eigenvalue weighted by molar-refractivity contribution is 5.85. The van der Waals surface area contributed by atoms with Gasteiger partial charge in [0.2, 0.25) is 0 Å². The van der Waals surface area contributed by atoms with Crippen LogP contribution in [0.1, 0.15) is 43.0 Å². The maximum atomic E-state index is 2.20. The Morgan fingerprint density at radius 1 is 0.425 bits per heavy atom. The Hall–Kier alpha value is -4.42. The zero-order valence-corrected chi connectivity index (χ0v) is 25.0. The second-order valence-corrected chi connectivity index (χ2v) is 9.21. The van der Waals surface area contributed by atoms with Crippen molar-refractivity contribution < 1.29 is 0 Å². The van der Waals surface area contributed by atoms with Crippen molar-refractivity contribution in [2.45, 2.75) is 41.5 Å². The van der Waals surface area contributed by atoms with Gasteiger partial charge in [-0.3, -0.25) is 0 Å². The Morgan fingerprint density at radius 2 is 0.950 bits per heavy atom. The summed E-state index contributed by atoms with van der Waals surface area (Å²) < 4.78 is 0. The number of rotatable bonds is 1. The van der Waals surface area contributed by atoms with Gasteiger partial charge in [-0.25, -0.2) is 0 Å². The van der Waals surface area contributed by atoms with Gasteiger partial charge in [-0.15, -0.1) is 0 Å². The summed E-state index contributed by atoms with van der Waals surface area (Å²) in [5.41, 5.74) is 5.26. The number of hydrogen-bond donors (Lipinski definition) is 0. The first kappa shape index (κ1) is 31.8. The summed E-state index contributed by atoms with van der Waals surface area (Å²) in [7, 11) is 0. The number of allylic oxidation sites excluding steroid dienone is 1. The molecule has 0 radical (unpaired) electrons. The molecule has 40 heavy (non-hydrogen) atoms. The van der Waals surface area contributed by atoms with Crippen molar-refractivity contribution in [3.63, 3.8) is 0 Å². The summed E-state index contributed by atoms with van der Waals surface area (Å²) in [5, 5.41) is 5.33. The minimum atomic E-state index is 1.26. The van der Waals surface area contributed by atoms with Crippen LogP contribution in [0, 0.1) is 20.8 Å². The standard InChI is InChI=1S/2C11H10.C9H10.C7H8.C2H6/c1-9-5-4-7-10-6-2-3-8-11(9)10;1-9-6-7-10-4-2-3-5-11(10)8-9;1-2-6-9-7-4-3-5-8-9;1-7-5-3-2-4-6-7;1-2/h2*2-8H,1H3;2-8H,1H3;2-6H,1H3;1-2H3/b;;6-2+;;. The molecule has 0 saturated carbocycles. The van der Waals surface area contributed by atoms with E-state index in [0.29, 0.717) is 0 Å². The first-order valence-electron chi connectivity index (χ1n) is 14.2. The average molecular weight is 525 g/mol. The van der Waals surface area contributed by atoms with Crippen molar-refractivity contribution in [1.29, 1.82) is 0 Å². The lowest BCUT2D eigenvalue weighted by Crippen LogP contribution is -1.75. The van der Waals surface area contributed by atoms with E-state index in [2.05, 4.69) is 136 Å². The molecule has 6 aromatic rings. The van der Waals surface area contributed by atoms with Crippen molar-refractivity contribution in [2.24, 2.45) is 0 Å². The third-order valence-electron chi connectivity index (χ3n) is 6.01. The molecule has 0 heterocycles. The van der Waals surface area contributed by atoms with Crippen LogP contribution in [0.25, 0.3) is 27.6 Å². The molecule has 0 aliphatic rings. The summed E-state index contributed by atoms with van der Waals surface area (Å²) in [5.74, 6) is 0. The van der Waals surface area contributed by atoms with Gasteiger partial charge in [0.25, 0.3) is 0 Å². The van der Waals surface area contributed by atoms with Crippen molar-refractivity contribution in [2.75, 3.05) is 0 Å². The normalized spacial score (nSPS) is 9.65. The molecule has 6 aromatic carbocycles. The molecule has 0 fully saturated rings. The van der Waals surface area contributed by atoms with Crippen LogP contribution in [0.3, 0.4) is 0 Å². The lowest BCUT2D eigenvalue weighted by atomic mass is 10.1. The van der Waals surface area contributed by atoms with E-state index in [-0.39, 0.29) is 0 Å². The molecule has 0 unspecified atom stereocenters. The SMILES string of the molecule is C/C=C/c1ccccc1.CC.Cc1ccc2ccccc2c1.Cc1cccc2ccccc12.Cc1ccccc1. The summed E-state index contributed by atoms with van der Waals surface area (Å²) in [4.78, 5) is 0. The largest absolute Gasteiger partial charge is 0.0871 e. The zero-order chi connectivity index (χ0) is 29.0. The summed E-state index contributed by atoms with van der Waals surface area (Å²) in [6.07, 6.45) is 4.12. The second kappa shape index (κ2) is 18.8. The van der Waals surface area contributed by atoms with Crippen molar-refractivity contribution in [1.82, 2.24) is 0 Å². The summed E-state index contributed by atoms with van der Waals surface area (Å²) in [6.45, 7) is 12.4. The van der Waals surface area contributed by atoms with Crippen molar-refractivity contribution in [3.05, 3.63) is 174 Å². The Labute approximate surface area is 242 Å². The summed E-state index contributed by atoms with van der Waals surface area (Å²) >= 11 is 0. The van der Waals surface area contributed by atoms with E-state index in [1.165, 1.54) is 43.8 Å². The maximum absolute atomic E-state index is 2.20. The molecule has 204 valence electrons. The maximum Gasteiger partial charge on any atom is -0.0155 e. The highest BCUT2D eigenvalue weighted by Crippen LogP contribution is 2.17. The third-order valence-corrected chi connectivity index (χ3v) is 6.01. The first-order chi connectivity index (χ1) is 19.6. The Balaban J connectivity index is 0.000000185. The van der Waals surface area contributed by atoms with Crippen LogP contribution in [0.2, 0.25) is 0 Å². The molecule has 0 saturated heterocycles. The molecule has 6 rings (SSSR count). The van der Waals surface area contributed by atoms with Gasteiger partial charge in [0.05, 0.1) is 0 Å².